The fourth-order valence-electron chi connectivity index (χ4n) is 3.45. The van der Waals surface area contributed by atoms with Gasteiger partial charge in [0.05, 0.1) is 16.7 Å². The minimum absolute atomic E-state index is 0.172. The first-order valence-electron chi connectivity index (χ1n) is 10.3. The summed E-state index contributed by atoms with van der Waals surface area (Å²) in [4.78, 5) is 12.4. The Morgan fingerprint density at radius 1 is 1.00 bits per heavy atom. The van der Waals surface area contributed by atoms with Crippen LogP contribution in [0.15, 0.2) is 77.8 Å². The van der Waals surface area contributed by atoms with Gasteiger partial charge in [0.25, 0.3) is 10.0 Å². The van der Waals surface area contributed by atoms with Crippen molar-refractivity contribution in [3.05, 3.63) is 78.8 Å². The molecule has 0 saturated carbocycles. The zero-order chi connectivity index (χ0) is 21.7. The largest absolute Gasteiger partial charge is 0.370 e. The molecule has 4 aromatic rings. The van der Waals surface area contributed by atoms with Crippen LogP contribution in [-0.2, 0) is 16.4 Å². The Hall–Kier alpha value is -3.39. The maximum Gasteiger partial charge on any atom is 0.265 e. The van der Waals surface area contributed by atoms with E-state index in [0.29, 0.717) is 24.6 Å². The lowest BCUT2D eigenvalue weighted by Gasteiger charge is -2.22. The number of H-pyrrole nitrogens is 1. The number of para-hydroxylation sites is 3. The Bertz CT molecular complexity index is 1200. The van der Waals surface area contributed by atoms with Crippen molar-refractivity contribution >= 4 is 32.6 Å². The molecule has 0 aliphatic rings. The number of benzene rings is 2. The molecule has 0 amide bonds. The van der Waals surface area contributed by atoms with E-state index in [1.165, 1.54) is 10.5 Å². The molecule has 0 spiro atoms. The smallest absolute Gasteiger partial charge is 0.265 e. The first-order chi connectivity index (χ1) is 15.1. The van der Waals surface area contributed by atoms with Crippen LogP contribution in [-0.4, -0.2) is 36.5 Å². The Morgan fingerprint density at radius 2 is 1.77 bits per heavy atom. The Morgan fingerprint density at radius 3 is 2.48 bits per heavy atom. The fourth-order valence-corrected chi connectivity index (χ4v) is 4.87. The molecule has 0 bridgehead atoms. The number of anilines is 2. The van der Waals surface area contributed by atoms with Gasteiger partial charge in [-0.2, -0.15) is 0 Å². The number of nitrogens with zero attached hydrogens (tertiary/aromatic N) is 3. The summed E-state index contributed by atoms with van der Waals surface area (Å²) in [6.45, 7) is 2.87. The molecular formula is C23H25N5O2S. The fraction of sp³-hybridized carbons (Fsp3) is 0.217. The summed E-state index contributed by atoms with van der Waals surface area (Å²) in [6.07, 6.45) is 3.10. The summed E-state index contributed by atoms with van der Waals surface area (Å²) in [7, 11) is -3.66. The van der Waals surface area contributed by atoms with Crippen LogP contribution in [0, 0.1) is 0 Å². The molecule has 8 heteroatoms. The average Bonchev–Trinajstić information content (AvgIpc) is 3.21. The number of pyridine rings is 1. The minimum atomic E-state index is -3.66. The second-order valence-electron chi connectivity index (χ2n) is 7.12. The molecule has 0 unspecified atom stereocenters. The van der Waals surface area contributed by atoms with Crippen LogP contribution in [0.1, 0.15) is 19.2 Å². The molecule has 2 aromatic heterocycles. The summed E-state index contributed by atoms with van der Waals surface area (Å²) in [5, 5.41) is 3.24. The molecule has 7 nitrogen and oxygen atoms in total. The molecule has 0 radical (unpaired) electrons. The number of aryl methyl sites for hydroxylation is 1. The summed E-state index contributed by atoms with van der Waals surface area (Å²) < 4.78 is 27.4. The van der Waals surface area contributed by atoms with E-state index in [2.05, 4.69) is 20.3 Å². The molecule has 2 heterocycles. The Balaban J connectivity index is 1.35. The van der Waals surface area contributed by atoms with E-state index in [1.807, 2.05) is 49.4 Å². The number of imidazole rings is 1. The van der Waals surface area contributed by atoms with Crippen molar-refractivity contribution in [3.63, 3.8) is 0 Å². The number of aromatic nitrogens is 3. The molecule has 4 rings (SSSR count). The van der Waals surface area contributed by atoms with Gasteiger partial charge in [-0.05, 0) is 49.7 Å². The van der Waals surface area contributed by atoms with Gasteiger partial charge >= 0.3 is 0 Å². The number of hydrogen-bond acceptors (Lipinski definition) is 5. The van der Waals surface area contributed by atoms with Crippen LogP contribution in [0.25, 0.3) is 11.0 Å². The number of sulfonamides is 1. The Labute approximate surface area is 182 Å². The van der Waals surface area contributed by atoms with Crippen molar-refractivity contribution in [1.82, 2.24) is 15.0 Å². The molecule has 2 aromatic carbocycles. The summed E-state index contributed by atoms with van der Waals surface area (Å²) >= 11 is 0. The summed E-state index contributed by atoms with van der Waals surface area (Å²) in [6, 6.07) is 20.3. The van der Waals surface area contributed by atoms with Gasteiger partial charge < -0.3 is 10.3 Å². The van der Waals surface area contributed by atoms with Gasteiger partial charge in [0.2, 0.25) is 0 Å². The highest BCUT2D eigenvalue weighted by Gasteiger charge is 2.23. The molecule has 160 valence electrons. The normalized spacial score (nSPS) is 11.5. The topological polar surface area (TPSA) is 91.0 Å². The summed E-state index contributed by atoms with van der Waals surface area (Å²) in [5.41, 5.74) is 2.65. The standard InChI is InChI=1S/C23H25N5O2S/c1-2-28(18-9-4-3-5-10-18)31(29,30)19-14-15-22(25-17-19)24-16-8-13-23-26-20-11-6-7-12-21(20)27-23/h3-7,9-12,14-15,17H,2,8,13,16H2,1H3,(H,24,25)(H,26,27). The second-order valence-corrected chi connectivity index (χ2v) is 8.98. The molecule has 0 aliphatic carbocycles. The SMILES string of the molecule is CCN(c1ccccc1)S(=O)(=O)c1ccc(NCCCc2nc3ccccc3[nH]2)nc1. The van der Waals surface area contributed by atoms with Crippen LogP contribution in [0.3, 0.4) is 0 Å². The van der Waals surface area contributed by atoms with Crippen molar-refractivity contribution in [2.45, 2.75) is 24.7 Å². The highest BCUT2D eigenvalue weighted by molar-refractivity contribution is 7.92. The van der Waals surface area contributed by atoms with Crippen LogP contribution in [0.2, 0.25) is 0 Å². The van der Waals surface area contributed by atoms with Crippen molar-refractivity contribution in [2.75, 3.05) is 22.7 Å². The predicted molar refractivity (Wildman–Crippen MR) is 124 cm³/mol. The number of aromatic amines is 1. The second kappa shape index (κ2) is 9.18. The quantitative estimate of drug-likeness (QED) is 0.384. The van der Waals surface area contributed by atoms with Gasteiger partial charge in [-0.1, -0.05) is 30.3 Å². The third kappa shape index (κ3) is 4.69. The van der Waals surface area contributed by atoms with E-state index in [0.717, 1.165) is 29.7 Å². The van der Waals surface area contributed by atoms with Crippen molar-refractivity contribution < 1.29 is 8.42 Å². The first-order valence-corrected chi connectivity index (χ1v) is 11.7. The number of fused-ring (bicyclic) bond motifs is 1. The van der Waals surface area contributed by atoms with Crippen molar-refractivity contribution in [3.8, 4) is 0 Å². The molecule has 0 atom stereocenters. The minimum Gasteiger partial charge on any atom is -0.370 e. The number of rotatable bonds is 9. The lowest BCUT2D eigenvalue weighted by molar-refractivity contribution is 0.591. The molecule has 2 N–H and O–H groups in total. The van der Waals surface area contributed by atoms with E-state index in [1.54, 1.807) is 24.3 Å². The lowest BCUT2D eigenvalue weighted by atomic mass is 10.3. The summed E-state index contributed by atoms with van der Waals surface area (Å²) in [5.74, 6) is 1.60. The van der Waals surface area contributed by atoms with Crippen LogP contribution in [0.5, 0.6) is 0 Å². The van der Waals surface area contributed by atoms with E-state index in [-0.39, 0.29) is 4.90 Å². The average molecular weight is 436 g/mol. The highest BCUT2D eigenvalue weighted by atomic mass is 32.2. The van der Waals surface area contributed by atoms with Crippen molar-refractivity contribution in [1.29, 1.82) is 0 Å². The van der Waals surface area contributed by atoms with Gasteiger partial charge in [0.15, 0.2) is 0 Å². The third-order valence-electron chi connectivity index (χ3n) is 4.99. The maximum atomic E-state index is 13.0. The van der Waals surface area contributed by atoms with E-state index >= 15 is 0 Å². The molecule has 0 fully saturated rings. The lowest BCUT2D eigenvalue weighted by Crippen LogP contribution is -2.30. The first kappa shape index (κ1) is 20.9. The van der Waals surface area contributed by atoms with Crippen LogP contribution < -0.4 is 9.62 Å². The molecule has 0 saturated heterocycles. The molecular weight excluding hydrogens is 410 g/mol. The number of nitrogens with one attached hydrogen (secondary N) is 2. The number of hydrogen-bond donors (Lipinski definition) is 2. The zero-order valence-electron chi connectivity index (χ0n) is 17.3. The van der Waals surface area contributed by atoms with Gasteiger partial charge in [0, 0.05) is 25.7 Å². The van der Waals surface area contributed by atoms with Crippen LogP contribution >= 0.6 is 0 Å². The van der Waals surface area contributed by atoms with E-state index in [4.69, 9.17) is 0 Å². The third-order valence-corrected chi connectivity index (χ3v) is 6.88. The van der Waals surface area contributed by atoms with E-state index in [9.17, 15) is 8.42 Å². The highest BCUT2D eigenvalue weighted by Crippen LogP contribution is 2.23. The molecule has 31 heavy (non-hydrogen) atoms. The van der Waals surface area contributed by atoms with E-state index < -0.39 is 10.0 Å². The maximum absolute atomic E-state index is 13.0. The monoisotopic (exact) mass is 435 g/mol. The van der Waals surface area contributed by atoms with Gasteiger partial charge in [-0.25, -0.2) is 18.4 Å². The van der Waals surface area contributed by atoms with Crippen molar-refractivity contribution in [2.24, 2.45) is 0 Å². The molecule has 0 aliphatic heterocycles. The van der Waals surface area contributed by atoms with Gasteiger partial charge in [-0.15, -0.1) is 0 Å². The van der Waals surface area contributed by atoms with Crippen LogP contribution in [0.4, 0.5) is 11.5 Å². The zero-order valence-corrected chi connectivity index (χ0v) is 18.1. The van der Waals surface area contributed by atoms with Gasteiger partial charge in [0.1, 0.15) is 16.5 Å². The Kier molecular flexibility index (Phi) is 6.18. The predicted octanol–water partition coefficient (Wildman–Crippen LogP) is 4.22. The van der Waals surface area contributed by atoms with Gasteiger partial charge in [-0.3, -0.25) is 4.31 Å².